The SMILES string of the molecule is CCC1CCCN1C1CCNC(C)C1. The predicted molar refractivity (Wildman–Crippen MR) is 60.5 cm³/mol. The molecule has 2 heterocycles. The second-order valence-electron chi connectivity index (χ2n) is 4.98. The van der Waals surface area contributed by atoms with Crippen LogP contribution in [0.4, 0.5) is 0 Å². The molecule has 0 aromatic rings. The molecule has 0 spiro atoms. The highest BCUT2D eigenvalue weighted by molar-refractivity contribution is 4.88. The zero-order chi connectivity index (χ0) is 9.97. The summed E-state index contributed by atoms with van der Waals surface area (Å²) in [6.07, 6.45) is 6.93. The van der Waals surface area contributed by atoms with E-state index >= 15 is 0 Å². The molecule has 2 aliphatic rings. The van der Waals surface area contributed by atoms with Crippen molar-refractivity contribution in [2.45, 2.75) is 64.1 Å². The van der Waals surface area contributed by atoms with Crippen LogP contribution < -0.4 is 5.32 Å². The first kappa shape index (κ1) is 10.4. The zero-order valence-corrected chi connectivity index (χ0v) is 9.63. The van der Waals surface area contributed by atoms with Crippen molar-refractivity contribution in [3.05, 3.63) is 0 Å². The molecule has 2 fully saturated rings. The maximum atomic E-state index is 3.54. The first-order chi connectivity index (χ1) is 6.81. The van der Waals surface area contributed by atoms with Gasteiger partial charge in [0.05, 0.1) is 0 Å². The molecule has 0 saturated carbocycles. The fourth-order valence-electron chi connectivity index (χ4n) is 3.18. The Morgan fingerprint density at radius 3 is 2.93 bits per heavy atom. The molecule has 2 aliphatic heterocycles. The summed E-state index contributed by atoms with van der Waals surface area (Å²) in [4.78, 5) is 2.79. The fourth-order valence-corrected chi connectivity index (χ4v) is 3.18. The van der Waals surface area contributed by atoms with E-state index in [-0.39, 0.29) is 0 Å². The van der Waals surface area contributed by atoms with Crippen molar-refractivity contribution >= 4 is 0 Å². The van der Waals surface area contributed by atoms with Crippen LogP contribution in [0.2, 0.25) is 0 Å². The Labute approximate surface area is 88.1 Å². The minimum atomic E-state index is 0.729. The number of hydrogen-bond acceptors (Lipinski definition) is 2. The van der Waals surface area contributed by atoms with E-state index in [4.69, 9.17) is 0 Å². The molecular weight excluding hydrogens is 172 g/mol. The molecule has 0 aromatic carbocycles. The van der Waals surface area contributed by atoms with Crippen molar-refractivity contribution in [1.29, 1.82) is 0 Å². The van der Waals surface area contributed by atoms with Gasteiger partial charge in [-0.15, -0.1) is 0 Å². The van der Waals surface area contributed by atoms with Gasteiger partial charge in [0.2, 0.25) is 0 Å². The molecule has 3 unspecified atom stereocenters. The van der Waals surface area contributed by atoms with Crippen LogP contribution in [-0.2, 0) is 0 Å². The predicted octanol–water partition coefficient (Wildman–Crippen LogP) is 2.00. The standard InChI is InChI=1S/C12H24N2/c1-3-11-5-4-8-14(11)12-6-7-13-10(2)9-12/h10-13H,3-9H2,1-2H3. The Balaban J connectivity index is 1.92. The van der Waals surface area contributed by atoms with Crippen molar-refractivity contribution in [3.8, 4) is 0 Å². The average molecular weight is 196 g/mol. The van der Waals surface area contributed by atoms with E-state index in [0.29, 0.717) is 0 Å². The third-order valence-corrected chi connectivity index (χ3v) is 3.96. The fraction of sp³-hybridized carbons (Fsp3) is 1.00. The van der Waals surface area contributed by atoms with Gasteiger partial charge < -0.3 is 5.32 Å². The van der Waals surface area contributed by atoms with Crippen LogP contribution in [-0.4, -0.2) is 36.1 Å². The molecule has 2 saturated heterocycles. The quantitative estimate of drug-likeness (QED) is 0.726. The molecule has 0 aromatic heterocycles. The van der Waals surface area contributed by atoms with E-state index in [1.54, 1.807) is 0 Å². The van der Waals surface area contributed by atoms with Crippen LogP contribution in [0.5, 0.6) is 0 Å². The van der Waals surface area contributed by atoms with Gasteiger partial charge in [-0.1, -0.05) is 6.92 Å². The van der Waals surface area contributed by atoms with E-state index in [2.05, 4.69) is 24.1 Å². The molecule has 82 valence electrons. The van der Waals surface area contributed by atoms with Gasteiger partial charge in [0.15, 0.2) is 0 Å². The molecular formula is C12H24N2. The second kappa shape index (κ2) is 4.63. The first-order valence-electron chi connectivity index (χ1n) is 6.30. The van der Waals surface area contributed by atoms with Gasteiger partial charge in [-0.2, -0.15) is 0 Å². The van der Waals surface area contributed by atoms with Crippen LogP contribution in [0.1, 0.15) is 46.0 Å². The lowest BCUT2D eigenvalue weighted by Crippen LogP contribution is -2.48. The maximum absolute atomic E-state index is 3.54. The summed E-state index contributed by atoms with van der Waals surface area (Å²) in [5.41, 5.74) is 0. The number of hydrogen-bond donors (Lipinski definition) is 1. The van der Waals surface area contributed by atoms with Crippen LogP contribution >= 0.6 is 0 Å². The third kappa shape index (κ3) is 2.12. The number of likely N-dealkylation sites (tertiary alicyclic amines) is 1. The summed E-state index contributed by atoms with van der Waals surface area (Å²) < 4.78 is 0. The van der Waals surface area contributed by atoms with E-state index in [1.165, 1.54) is 45.2 Å². The van der Waals surface area contributed by atoms with E-state index in [1.807, 2.05) is 0 Å². The highest BCUT2D eigenvalue weighted by Gasteiger charge is 2.31. The van der Waals surface area contributed by atoms with Gasteiger partial charge >= 0.3 is 0 Å². The number of nitrogens with one attached hydrogen (secondary N) is 1. The van der Waals surface area contributed by atoms with Crippen LogP contribution in [0.15, 0.2) is 0 Å². The Hall–Kier alpha value is -0.0800. The van der Waals surface area contributed by atoms with Crippen LogP contribution in [0.3, 0.4) is 0 Å². The summed E-state index contributed by atoms with van der Waals surface area (Å²) in [5, 5.41) is 3.54. The zero-order valence-electron chi connectivity index (χ0n) is 9.63. The van der Waals surface area contributed by atoms with Gasteiger partial charge in [-0.05, 0) is 52.1 Å². The maximum Gasteiger partial charge on any atom is 0.0125 e. The van der Waals surface area contributed by atoms with E-state index < -0.39 is 0 Å². The van der Waals surface area contributed by atoms with Crippen molar-refractivity contribution in [1.82, 2.24) is 10.2 Å². The molecule has 0 radical (unpaired) electrons. The summed E-state index contributed by atoms with van der Waals surface area (Å²) >= 11 is 0. The lowest BCUT2D eigenvalue weighted by atomic mass is 9.98. The highest BCUT2D eigenvalue weighted by atomic mass is 15.2. The van der Waals surface area contributed by atoms with Gasteiger partial charge in [0.25, 0.3) is 0 Å². The summed E-state index contributed by atoms with van der Waals surface area (Å²) in [7, 11) is 0. The molecule has 0 amide bonds. The Kier molecular flexibility index (Phi) is 3.45. The third-order valence-electron chi connectivity index (χ3n) is 3.96. The van der Waals surface area contributed by atoms with Gasteiger partial charge in [-0.25, -0.2) is 0 Å². The molecule has 2 rings (SSSR count). The lowest BCUT2D eigenvalue weighted by Gasteiger charge is -2.38. The molecule has 0 bridgehead atoms. The van der Waals surface area contributed by atoms with Crippen LogP contribution in [0, 0.1) is 0 Å². The van der Waals surface area contributed by atoms with Gasteiger partial charge in [0.1, 0.15) is 0 Å². The summed E-state index contributed by atoms with van der Waals surface area (Å²) in [5.74, 6) is 0. The molecule has 0 aliphatic carbocycles. The van der Waals surface area contributed by atoms with Gasteiger partial charge in [-0.3, -0.25) is 4.90 Å². The number of rotatable bonds is 2. The van der Waals surface area contributed by atoms with E-state index in [0.717, 1.165) is 18.1 Å². The normalized spacial score (nSPS) is 40.3. The van der Waals surface area contributed by atoms with Gasteiger partial charge in [0, 0.05) is 18.1 Å². The first-order valence-corrected chi connectivity index (χ1v) is 6.30. The molecule has 14 heavy (non-hydrogen) atoms. The van der Waals surface area contributed by atoms with Crippen molar-refractivity contribution in [2.75, 3.05) is 13.1 Å². The average Bonchev–Trinajstić information content (AvgIpc) is 2.65. The molecule has 3 atom stereocenters. The second-order valence-corrected chi connectivity index (χ2v) is 4.98. The minimum Gasteiger partial charge on any atom is -0.314 e. The topological polar surface area (TPSA) is 15.3 Å². The molecule has 2 heteroatoms. The minimum absolute atomic E-state index is 0.729. The Morgan fingerprint density at radius 2 is 2.21 bits per heavy atom. The smallest absolute Gasteiger partial charge is 0.0125 e. The molecule has 2 nitrogen and oxygen atoms in total. The van der Waals surface area contributed by atoms with Crippen molar-refractivity contribution in [3.63, 3.8) is 0 Å². The van der Waals surface area contributed by atoms with E-state index in [9.17, 15) is 0 Å². The summed E-state index contributed by atoms with van der Waals surface area (Å²) in [6, 6.07) is 2.50. The largest absolute Gasteiger partial charge is 0.314 e. The lowest BCUT2D eigenvalue weighted by molar-refractivity contribution is 0.131. The van der Waals surface area contributed by atoms with Crippen molar-refractivity contribution < 1.29 is 0 Å². The monoisotopic (exact) mass is 196 g/mol. The summed E-state index contributed by atoms with van der Waals surface area (Å²) in [6.45, 7) is 7.24. The molecule has 1 N–H and O–H groups in total. The number of nitrogens with zero attached hydrogens (tertiary/aromatic N) is 1. The van der Waals surface area contributed by atoms with Crippen molar-refractivity contribution in [2.24, 2.45) is 0 Å². The Bertz CT molecular complexity index is 181. The number of piperidine rings is 1. The van der Waals surface area contributed by atoms with Crippen LogP contribution in [0.25, 0.3) is 0 Å². The highest BCUT2D eigenvalue weighted by Crippen LogP contribution is 2.27. The Morgan fingerprint density at radius 1 is 1.36 bits per heavy atom.